The maximum Gasteiger partial charge on any atom is 0.417 e. The number of alkyl halides is 3. The van der Waals surface area contributed by atoms with Crippen molar-refractivity contribution in [3.05, 3.63) is 23.9 Å². The molecule has 1 N–H and O–H groups in total. The molecular formula is C13H15F3N2O. The molecule has 19 heavy (non-hydrogen) atoms. The first-order valence-corrected chi connectivity index (χ1v) is 6.45. The number of nitrogens with zero attached hydrogens (tertiary/aromatic N) is 1. The standard InChI is InChI=1S/C13H15F3N2O/c14-13(15,16)9-2-4-12(18-7-9)19-11-5-8-1-3-10(11)17-6-8/h2,4,7-8,10-11,17H,1,3,5-6H2/t8-,10+,11+/m1/s1. The monoisotopic (exact) mass is 272 g/mol. The normalized spacial score (nSPS) is 30.4. The molecule has 1 saturated carbocycles. The number of aromatic nitrogens is 1. The minimum absolute atomic E-state index is 0.0248. The molecule has 6 heteroatoms. The van der Waals surface area contributed by atoms with Gasteiger partial charge < -0.3 is 10.1 Å². The van der Waals surface area contributed by atoms with E-state index in [0.29, 0.717) is 12.0 Å². The van der Waals surface area contributed by atoms with Crippen LogP contribution in [0.3, 0.4) is 0 Å². The molecule has 0 amide bonds. The van der Waals surface area contributed by atoms with Crippen molar-refractivity contribution >= 4 is 0 Å². The van der Waals surface area contributed by atoms with E-state index in [9.17, 15) is 13.2 Å². The van der Waals surface area contributed by atoms with E-state index < -0.39 is 11.7 Å². The van der Waals surface area contributed by atoms with Crippen molar-refractivity contribution < 1.29 is 17.9 Å². The van der Waals surface area contributed by atoms with E-state index in [1.807, 2.05) is 0 Å². The molecule has 0 unspecified atom stereocenters. The number of ether oxygens (including phenoxy) is 1. The van der Waals surface area contributed by atoms with Gasteiger partial charge in [-0.25, -0.2) is 4.98 Å². The van der Waals surface area contributed by atoms with Crippen LogP contribution in [0, 0.1) is 5.92 Å². The quantitative estimate of drug-likeness (QED) is 0.898. The first kappa shape index (κ1) is 12.7. The number of piperidine rings is 2. The first-order chi connectivity index (χ1) is 9.02. The second kappa shape index (κ2) is 4.67. The van der Waals surface area contributed by atoms with Crippen LogP contribution in [0.1, 0.15) is 24.8 Å². The predicted octanol–water partition coefficient (Wildman–Crippen LogP) is 2.62. The third-order valence-corrected chi connectivity index (χ3v) is 3.90. The summed E-state index contributed by atoms with van der Waals surface area (Å²) in [6.45, 7) is 1.02. The molecule has 1 aromatic rings. The highest BCUT2D eigenvalue weighted by Crippen LogP contribution is 2.33. The van der Waals surface area contributed by atoms with E-state index in [0.717, 1.165) is 31.6 Å². The van der Waals surface area contributed by atoms with Crippen LogP contribution < -0.4 is 10.1 Å². The predicted molar refractivity (Wildman–Crippen MR) is 62.8 cm³/mol. The van der Waals surface area contributed by atoms with Gasteiger partial charge >= 0.3 is 6.18 Å². The largest absolute Gasteiger partial charge is 0.473 e. The van der Waals surface area contributed by atoms with Crippen LogP contribution in [0.5, 0.6) is 5.88 Å². The van der Waals surface area contributed by atoms with E-state index in [-0.39, 0.29) is 12.0 Å². The Kier molecular flexibility index (Phi) is 3.12. The molecule has 2 bridgehead atoms. The van der Waals surface area contributed by atoms with E-state index in [1.165, 1.54) is 12.5 Å². The molecule has 3 nitrogen and oxygen atoms in total. The van der Waals surface area contributed by atoms with Gasteiger partial charge in [0.05, 0.1) is 5.56 Å². The van der Waals surface area contributed by atoms with Crippen molar-refractivity contribution in [3.8, 4) is 5.88 Å². The van der Waals surface area contributed by atoms with Crippen LogP contribution >= 0.6 is 0 Å². The van der Waals surface area contributed by atoms with Crippen LogP contribution in [0.4, 0.5) is 13.2 Å². The number of pyridine rings is 1. The fourth-order valence-electron chi connectivity index (χ4n) is 2.85. The number of nitrogens with one attached hydrogen (secondary N) is 1. The summed E-state index contributed by atoms with van der Waals surface area (Å²) < 4.78 is 42.9. The number of hydrogen-bond acceptors (Lipinski definition) is 3. The van der Waals surface area contributed by atoms with Gasteiger partial charge in [-0.3, -0.25) is 0 Å². The minimum Gasteiger partial charge on any atom is -0.473 e. The molecule has 3 aliphatic rings. The van der Waals surface area contributed by atoms with Gasteiger partial charge in [0, 0.05) is 18.3 Å². The van der Waals surface area contributed by atoms with Crippen molar-refractivity contribution in [2.75, 3.05) is 6.54 Å². The van der Waals surface area contributed by atoms with Crippen molar-refractivity contribution in [2.45, 2.75) is 37.6 Å². The summed E-state index contributed by atoms with van der Waals surface area (Å²) in [5.74, 6) is 0.886. The van der Waals surface area contributed by atoms with Gasteiger partial charge in [-0.05, 0) is 37.8 Å². The topological polar surface area (TPSA) is 34.1 Å². The molecule has 4 rings (SSSR count). The second-order valence-electron chi connectivity index (χ2n) is 5.23. The van der Waals surface area contributed by atoms with Gasteiger partial charge in [-0.15, -0.1) is 0 Å². The van der Waals surface area contributed by atoms with Crippen LogP contribution in [0.25, 0.3) is 0 Å². The van der Waals surface area contributed by atoms with Gasteiger partial charge in [-0.1, -0.05) is 0 Å². The van der Waals surface area contributed by atoms with Crippen molar-refractivity contribution in [1.82, 2.24) is 10.3 Å². The molecule has 1 aliphatic carbocycles. The summed E-state index contributed by atoms with van der Waals surface area (Å²) in [4.78, 5) is 3.75. The van der Waals surface area contributed by atoms with Crippen LogP contribution in [-0.2, 0) is 6.18 Å². The van der Waals surface area contributed by atoms with Gasteiger partial charge in [0.15, 0.2) is 0 Å². The fourth-order valence-corrected chi connectivity index (χ4v) is 2.85. The van der Waals surface area contributed by atoms with Crippen LogP contribution in [0.2, 0.25) is 0 Å². The lowest BCUT2D eigenvalue weighted by Crippen LogP contribution is -2.55. The summed E-state index contributed by atoms with van der Waals surface area (Å²) in [6, 6.07) is 2.61. The van der Waals surface area contributed by atoms with Crippen molar-refractivity contribution in [3.63, 3.8) is 0 Å². The Bertz CT molecular complexity index is 438. The van der Waals surface area contributed by atoms with Gasteiger partial charge in [0.1, 0.15) is 6.10 Å². The van der Waals surface area contributed by atoms with Crippen LogP contribution in [0.15, 0.2) is 18.3 Å². The maximum absolute atomic E-state index is 12.4. The molecule has 0 aromatic carbocycles. The highest BCUT2D eigenvalue weighted by molar-refractivity contribution is 5.20. The molecule has 3 atom stereocenters. The third-order valence-electron chi connectivity index (χ3n) is 3.90. The Hall–Kier alpha value is -1.30. The molecule has 2 aliphatic heterocycles. The molecular weight excluding hydrogens is 257 g/mol. The Morgan fingerprint density at radius 3 is 2.58 bits per heavy atom. The number of rotatable bonds is 2. The lowest BCUT2D eigenvalue weighted by Gasteiger charge is -2.42. The number of halogens is 3. The summed E-state index contributed by atoms with van der Waals surface area (Å²) in [7, 11) is 0. The zero-order chi connectivity index (χ0) is 13.5. The molecule has 0 radical (unpaired) electrons. The van der Waals surface area contributed by atoms with E-state index in [4.69, 9.17) is 4.74 Å². The minimum atomic E-state index is -4.35. The van der Waals surface area contributed by atoms with Gasteiger partial charge in [0.25, 0.3) is 0 Å². The number of hydrogen-bond donors (Lipinski definition) is 1. The molecule has 2 saturated heterocycles. The third kappa shape index (κ3) is 2.68. The molecule has 0 spiro atoms. The smallest absolute Gasteiger partial charge is 0.417 e. The van der Waals surface area contributed by atoms with E-state index in [1.54, 1.807) is 0 Å². The molecule has 3 fully saturated rings. The van der Waals surface area contributed by atoms with Crippen molar-refractivity contribution in [1.29, 1.82) is 0 Å². The lowest BCUT2D eigenvalue weighted by atomic mass is 9.79. The summed E-state index contributed by atoms with van der Waals surface area (Å²) in [6.07, 6.45) is -0.272. The maximum atomic E-state index is 12.4. The Balaban J connectivity index is 1.67. The zero-order valence-corrected chi connectivity index (χ0v) is 10.3. The second-order valence-corrected chi connectivity index (χ2v) is 5.23. The molecule has 3 heterocycles. The first-order valence-electron chi connectivity index (χ1n) is 6.45. The lowest BCUT2D eigenvalue weighted by molar-refractivity contribution is -0.137. The van der Waals surface area contributed by atoms with Gasteiger partial charge in [-0.2, -0.15) is 13.2 Å². The Morgan fingerprint density at radius 1 is 1.26 bits per heavy atom. The highest BCUT2D eigenvalue weighted by atomic mass is 19.4. The Morgan fingerprint density at radius 2 is 2.11 bits per heavy atom. The molecule has 1 aromatic heterocycles. The fraction of sp³-hybridized carbons (Fsp3) is 0.615. The summed E-state index contributed by atoms with van der Waals surface area (Å²) >= 11 is 0. The van der Waals surface area contributed by atoms with Crippen molar-refractivity contribution in [2.24, 2.45) is 5.92 Å². The van der Waals surface area contributed by atoms with E-state index in [2.05, 4.69) is 10.3 Å². The summed E-state index contributed by atoms with van der Waals surface area (Å²) in [5.41, 5.74) is -0.747. The van der Waals surface area contributed by atoms with Crippen LogP contribution in [-0.4, -0.2) is 23.7 Å². The number of fused-ring (bicyclic) bond motifs is 3. The zero-order valence-electron chi connectivity index (χ0n) is 10.3. The SMILES string of the molecule is FC(F)(F)c1ccc(O[C@H]2C[C@H]3CC[C@@H]2NC3)nc1. The molecule has 104 valence electrons. The van der Waals surface area contributed by atoms with Gasteiger partial charge in [0.2, 0.25) is 5.88 Å². The highest BCUT2D eigenvalue weighted by Gasteiger charge is 2.37. The summed E-state index contributed by atoms with van der Waals surface area (Å²) in [5, 5.41) is 3.39. The Labute approximate surface area is 109 Å². The average Bonchev–Trinajstić information content (AvgIpc) is 2.40. The van der Waals surface area contributed by atoms with E-state index >= 15 is 0 Å². The average molecular weight is 272 g/mol.